The molecule has 1 N–H and O–H groups in total. The second-order valence-electron chi connectivity index (χ2n) is 2.17. The van der Waals surface area contributed by atoms with Crippen LogP contribution >= 0.6 is 8.15 Å². The lowest BCUT2D eigenvalue weighted by Crippen LogP contribution is -2.27. The van der Waals surface area contributed by atoms with Gasteiger partial charge in [0, 0.05) is 14.8 Å². The number of carbonyl (C=O) groups excluding carboxylic acids is 2. The van der Waals surface area contributed by atoms with E-state index >= 15 is 0 Å². The number of rotatable bonds is 6. The van der Waals surface area contributed by atoms with E-state index in [1.165, 1.54) is 0 Å². The maximum Gasteiger partial charge on any atom is 0.226 e. The molecule has 0 radical (unpaired) electrons. The van der Waals surface area contributed by atoms with Crippen molar-refractivity contribution >= 4 is 20.3 Å². The van der Waals surface area contributed by atoms with Gasteiger partial charge in [0.25, 0.3) is 0 Å². The molecular formula is C7H14NO3P. The number of carbonyl (C=O) groups is 2. The summed E-state index contributed by atoms with van der Waals surface area (Å²) in [5.74, 6) is -0.121. The van der Waals surface area contributed by atoms with Gasteiger partial charge >= 0.3 is 0 Å². The van der Waals surface area contributed by atoms with Crippen LogP contribution in [0.4, 0.5) is 0 Å². The van der Waals surface area contributed by atoms with Crippen molar-refractivity contribution in [1.29, 1.82) is 0 Å². The molecule has 4 nitrogen and oxygen atoms in total. The summed E-state index contributed by atoms with van der Waals surface area (Å²) in [6.07, 6.45) is 1.04. The molecule has 0 bridgehead atoms. The third-order valence-electron chi connectivity index (χ3n) is 1.10. The Hall–Kier alpha value is -0.470. The molecule has 0 aromatic rings. The molecular weight excluding hydrogens is 177 g/mol. The quantitative estimate of drug-likeness (QED) is 0.487. The van der Waals surface area contributed by atoms with Gasteiger partial charge in [-0.25, -0.2) is 0 Å². The fourth-order valence-electron chi connectivity index (χ4n) is 0.680. The van der Waals surface area contributed by atoms with Crippen molar-refractivity contribution < 1.29 is 14.1 Å². The monoisotopic (exact) mass is 191 g/mol. The Morgan fingerprint density at radius 2 is 2.33 bits per heavy atom. The van der Waals surface area contributed by atoms with Gasteiger partial charge in [0.1, 0.15) is 6.29 Å². The second kappa shape index (κ2) is 7.19. The summed E-state index contributed by atoms with van der Waals surface area (Å²) in [7, 11) is -0.665. The molecule has 0 rings (SSSR count). The summed E-state index contributed by atoms with van der Waals surface area (Å²) in [6, 6.07) is 0. The Morgan fingerprint density at radius 1 is 1.67 bits per heavy atom. The first kappa shape index (κ1) is 11.5. The predicted octanol–water partition coefficient (Wildman–Crippen LogP) is 0.365. The first-order valence-corrected chi connectivity index (χ1v) is 5.64. The topological polar surface area (TPSA) is 55.4 Å². The average Bonchev–Trinajstić information content (AvgIpc) is 2.01. The van der Waals surface area contributed by atoms with E-state index in [4.69, 9.17) is 4.52 Å². The zero-order chi connectivity index (χ0) is 9.40. The fourth-order valence-corrected chi connectivity index (χ4v) is 1.73. The summed E-state index contributed by atoms with van der Waals surface area (Å²) in [4.78, 5) is 20.8. The lowest BCUT2D eigenvalue weighted by atomic mass is 10.6. The van der Waals surface area contributed by atoms with Crippen molar-refractivity contribution in [3.63, 3.8) is 0 Å². The smallest absolute Gasteiger partial charge is 0.226 e. The third-order valence-corrected chi connectivity index (χ3v) is 2.53. The van der Waals surface area contributed by atoms with Crippen molar-refractivity contribution in [2.24, 2.45) is 0 Å². The van der Waals surface area contributed by atoms with Crippen LogP contribution in [-0.2, 0) is 14.1 Å². The molecule has 0 aliphatic carbocycles. The minimum atomic E-state index is -0.665. The van der Waals surface area contributed by atoms with Crippen LogP contribution in [0.2, 0.25) is 0 Å². The largest absolute Gasteiger partial charge is 0.359 e. The minimum Gasteiger partial charge on any atom is -0.359 e. The van der Waals surface area contributed by atoms with Crippen molar-refractivity contribution in [2.45, 2.75) is 6.92 Å². The molecule has 0 heterocycles. The van der Waals surface area contributed by atoms with Gasteiger partial charge in [0.15, 0.2) is 0 Å². The zero-order valence-corrected chi connectivity index (χ0v) is 8.27. The molecule has 1 atom stereocenters. The van der Waals surface area contributed by atoms with Gasteiger partial charge in [-0.15, -0.1) is 0 Å². The molecule has 0 spiro atoms. The Morgan fingerprint density at radius 3 is 2.83 bits per heavy atom. The second-order valence-corrected chi connectivity index (χ2v) is 4.00. The highest BCUT2D eigenvalue weighted by atomic mass is 31.1. The molecule has 5 heteroatoms. The standard InChI is InChI=1S/C7H14NO3P/c1-3-11-12(2)6-7(10)8-4-5-9/h5H,3-4,6H2,1-2H3,(H,8,10). The third kappa shape index (κ3) is 6.25. The number of hydrogen-bond acceptors (Lipinski definition) is 3. The summed E-state index contributed by atoms with van der Waals surface area (Å²) < 4.78 is 5.21. The molecule has 1 amide bonds. The molecule has 0 aromatic heterocycles. The molecule has 1 unspecified atom stereocenters. The number of hydrogen-bond donors (Lipinski definition) is 1. The van der Waals surface area contributed by atoms with Gasteiger partial charge in [-0.3, -0.25) is 4.79 Å². The van der Waals surface area contributed by atoms with Crippen LogP contribution in [0, 0.1) is 0 Å². The van der Waals surface area contributed by atoms with Crippen LogP contribution in [0.1, 0.15) is 6.92 Å². The highest BCUT2D eigenvalue weighted by Crippen LogP contribution is 2.30. The lowest BCUT2D eigenvalue weighted by Gasteiger charge is -2.09. The SMILES string of the molecule is CCOP(C)CC(=O)NCC=O. The van der Waals surface area contributed by atoms with Gasteiger partial charge in [-0.05, 0) is 13.6 Å². The van der Waals surface area contributed by atoms with E-state index in [1.54, 1.807) is 0 Å². The Kier molecular flexibility index (Phi) is 6.91. The molecule has 0 aliphatic rings. The minimum absolute atomic E-state index is 0.0914. The van der Waals surface area contributed by atoms with Gasteiger partial charge in [-0.1, -0.05) is 0 Å². The Bertz CT molecular complexity index is 152. The number of aldehydes is 1. The first-order chi connectivity index (χ1) is 5.70. The van der Waals surface area contributed by atoms with E-state index in [1.807, 2.05) is 13.6 Å². The van der Waals surface area contributed by atoms with Gasteiger partial charge < -0.3 is 14.6 Å². The number of nitrogens with one attached hydrogen (secondary N) is 1. The van der Waals surface area contributed by atoms with E-state index in [9.17, 15) is 9.59 Å². The average molecular weight is 191 g/mol. The molecule has 0 saturated carbocycles. The summed E-state index contributed by atoms with van der Waals surface area (Å²) in [5.41, 5.74) is 0. The van der Waals surface area contributed by atoms with Gasteiger partial charge in [-0.2, -0.15) is 0 Å². The van der Waals surface area contributed by atoms with Gasteiger partial charge in [0.2, 0.25) is 5.91 Å². The van der Waals surface area contributed by atoms with E-state index in [2.05, 4.69) is 5.32 Å². The van der Waals surface area contributed by atoms with Crippen molar-refractivity contribution in [2.75, 3.05) is 26.0 Å². The van der Waals surface area contributed by atoms with E-state index in [-0.39, 0.29) is 12.5 Å². The van der Waals surface area contributed by atoms with E-state index in [0.29, 0.717) is 19.1 Å². The highest BCUT2D eigenvalue weighted by molar-refractivity contribution is 7.52. The van der Waals surface area contributed by atoms with Crippen molar-refractivity contribution in [3.8, 4) is 0 Å². The fraction of sp³-hybridized carbons (Fsp3) is 0.714. The summed E-state index contributed by atoms with van der Waals surface area (Å²) in [5, 5.41) is 2.45. The maximum absolute atomic E-state index is 11.0. The summed E-state index contributed by atoms with van der Waals surface area (Å²) >= 11 is 0. The van der Waals surface area contributed by atoms with Crippen LogP contribution in [0.5, 0.6) is 0 Å². The normalized spacial score (nSPS) is 12.2. The summed E-state index contributed by atoms with van der Waals surface area (Å²) in [6.45, 7) is 4.50. The van der Waals surface area contributed by atoms with Crippen molar-refractivity contribution in [1.82, 2.24) is 5.32 Å². The van der Waals surface area contributed by atoms with Crippen LogP contribution in [0.15, 0.2) is 0 Å². The highest BCUT2D eigenvalue weighted by Gasteiger charge is 2.07. The lowest BCUT2D eigenvalue weighted by molar-refractivity contribution is -0.120. The number of amides is 1. The maximum atomic E-state index is 11.0. The van der Waals surface area contributed by atoms with Crippen LogP contribution < -0.4 is 5.32 Å². The van der Waals surface area contributed by atoms with Crippen LogP contribution in [0.3, 0.4) is 0 Å². The van der Waals surface area contributed by atoms with E-state index < -0.39 is 8.15 Å². The van der Waals surface area contributed by atoms with Crippen molar-refractivity contribution in [3.05, 3.63) is 0 Å². The molecule has 0 aliphatic heterocycles. The molecule has 0 aromatic carbocycles. The van der Waals surface area contributed by atoms with E-state index in [0.717, 1.165) is 0 Å². The predicted molar refractivity (Wildman–Crippen MR) is 48.4 cm³/mol. The Labute approximate surface area is 73.5 Å². The zero-order valence-electron chi connectivity index (χ0n) is 7.37. The Balaban J connectivity index is 3.46. The van der Waals surface area contributed by atoms with Gasteiger partial charge in [0.05, 0.1) is 12.7 Å². The van der Waals surface area contributed by atoms with Crippen LogP contribution in [-0.4, -0.2) is 38.2 Å². The van der Waals surface area contributed by atoms with Crippen LogP contribution in [0.25, 0.3) is 0 Å². The molecule has 12 heavy (non-hydrogen) atoms. The first-order valence-electron chi connectivity index (χ1n) is 3.75. The molecule has 70 valence electrons. The molecule has 0 fully saturated rings. The molecule has 0 saturated heterocycles.